The Balaban J connectivity index is 0. The van der Waals surface area contributed by atoms with Gasteiger partial charge in [-0.1, -0.05) is 70.4 Å². The van der Waals surface area contributed by atoms with Crippen LogP contribution in [0.5, 0.6) is 0 Å². The van der Waals surface area contributed by atoms with E-state index in [9.17, 15) is 0 Å². The van der Waals surface area contributed by atoms with Gasteiger partial charge >= 0.3 is 0 Å². The van der Waals surface area contributed by atoms with Gasteiger partial charge in [0.15, 0.2) is 0 Å². The average molecular weight is 325 g/mol. The molecule has 1 radical (unpaired) electrons. The molecule has 101 valence electrons. The van der Waals surface area contributed by atoms with Crippen LogP contribution in [0.25, 0.3) is 5.73 Å². The summed E-state index contributed by atoms with van der Waals surface area (Å²) in [5.41, 5.74) is 8.74. The molecule has 0 heterocycles. The van der Waals surface area contributed by atoms with Gasteiger partial charge in [0.1, 0.15) is 0 Å². The Kier molecular flexibility index (Phi) is 14.0. The van der Waals surface area contributed by atoms with Crippen molar-refractivity contribution in [1.29, 1.82) is 0 Å². The molecule has 0 aromatic heterocycles. The van der Waals surface area contributed by atoms with E-state index in [2.05, 4.69) is 20.8 Å². The smallest absolute Gasteiger partial charge is 0.0471 e. The number of rotatable bonds is 5. The summed E-state index contributed by atoms with van der Waals surface area (Å²) in [6.07, 6.45) is 3.72. The second-order valence-corrected chi connectivity index (χ2v) is 4.30. The van der Waals surface area contributed by atoms with E-state index in [4.69, 9.17) is 10.8 Å². The second kappa shape index (κ2) is 12.3. The van der Waals surface area contributed by atoms with E-state index in [1.165, 1.54) is 5.56 Å². The van der Waals surface area contributed by atoms with Crippen molar-refractivity contribution in [2.24, 2.45) is 0 Å². The monoisotopic (exact) mass is 325 g/mol. The van der Waals surface area contributed by atoms with E-state index in [1.54, 1.807) is 0 Å². The largest absolute Gasteiger partial charge is 0.672 e. The van der Waals surface area contributed by atoms with Crippen LogP contribution in [0.15, 0.2) is 30.3 Å². The predicted octanol–water partition coefficient (Wildman–Crippen LogP) is 4.23. The third kappa shape index (κ3) is 9.21. The number of nitrogens with one attached hydrogen (secondary N) is 1. The van der Waals surface area contributed by atoms with Crippen molar-refractivity contribution in [3.8, 4) is 0 Å². The number of aliphatic hydroxyl groups is 1. The SMILES string of the molecule is CCC([NH-])(CC)CC.OCCc1ccccc1.[Y]. The van der Waals surface area contributed by atoms with E-state index in [1.807, 2.05) is 30.3 Å². The Morgan fingerprint density at radius 2 is 1.44 bits per heavy atom. The normalized spacial score (nSPS) is 10.1. The van der Waals surface area contributed by atoms with Crippen LogP contribution in [0, 0.1) is 0 Å². The van der Waals surface area contributed by atoms with Crippen LogP contribution in [0.3, 0.4) is 0 Å². The van der Waals surface area contributed by atoms with Gasteiger partial charge in [0, 0.05) is 39.3 Å². The van der Waals surface area contributed by atoms with Crippen molar-refractivity contribution in [3.63, 3.8) is 0 Å². The van der Waals surface area contributed by atoms with Crippen molar-refractivity contribution < 1.29 is 37.8 Å². The van der Waals surface area contributed by atoms with Crippen molar-refractivity contribution in [3.05, 3.63) is 41.6 Å². The zero-order chi connectivity index (χ0) is 13.1. The van der Waals surface area contributed by atoms with Crippen LogP contribution < -0.4 is 0 Å². The molecule has 0 saturated heterocycles. The minimum Gasteiger partial charge on any atom is -0.672 e. The van der Waals surface area contributed by atoms with Gasteiger partial charge in [-0.15, -0.1) is 5.54 Å². The first-order valence-corrected chi connectivity index (χ1v) is 6.51. The summed E-state index contributed by atoms with van der Waals surface area (Å²) in [5, 5.41) is 8.52. The van der Waals surface area contributed by atoms with Crippen LogP contribution in [0.2, 0.25) is 0 Å². The first kappa shape index (κ1) is 20.6. The van der Waals surface area contributed by atoms with Gasteiger partial charge in [-0.25, -0.2) is 0 Å². The molecule has 0 aliphatic rings. The molecule has 3 heteroatoms. The molecule has 1 rings (SSSR count). The van der Waals surface area contributed by atoms with Crippen LogP contribution in [-0.4, -0.2) is 17.3 Å². The van der Waals surface area contributed by atoms with Crippen molar-refractivity contribution in [1.82, 2.24) is 0 Å². The van der Waals surface area contributed by atoms with Crippen molar-refractivity contribution in [2.75, 3.05) is 6.61 Å². The molecular weight excluding hydrogens is 299 g/mol. The number of hydrogen-bond acceptors (Lipinski definition) is 1. The fraction of sp³-hybridized carbons (Fsp3) is 0.600. The summed E-state index contributed by atoms with van der Waals surface area (Å²) in [7, 11) is 0. The van der Waals surface area contributed by atoms with Gasteiger partial charge < -0.3 is 10.8 Å². The molecule has 0 fully saturated rings. The molecule has 2 N–H and O–H groups in total. The van der Waals surface area contributed by atoms with Gasteiger partial charge in [0.2, 0.25) is 0 Å². The Morgan fingerprint density at radius 3 is 1.72 bits per heavy atom. The molecule has 0 aliphatic heterocycles. The summed E-state index contributed by atoms with van der Waals surface area (Å²) in [4.78, 5) is 0. The molecule has 0 atom stereocenters. The van der Waals surface area contributed by atoms with Crippen LogP contribution >= 0.6 is 0 Å². The van der Waals surface area contributed by atoms with E-state index in [-0.39, 0.29) is 44.9 Å². The standard InChI is InChI=1S/C8H10O.C7H16N.Y/c9-7-6-8-4-2-1-3-5-8;1-4-7(8,5-2)6-3;/h1-5,9H,6-7H2;8H,4-6H2,1-3H3;/q;-1;. The summed E-state index contributed by atoms with van der Waals surface area (Å²) in [6, 6.07) is 9.95. The minimum absolute atomic E-state index is 0. The summed E-state index contributed by atoms with van der Waals surface area (Å²) in [5.74, 6) is 0. The Morgan fingerprint density at radius 1 is 1.00 bits per heavy atom. The Bertz CT molecular complexity index is 265. The molecule has 0 unspecified atom stereocenters. The maximum Gasteiger partial charge on any atom is 0.0471 e. The van der Waals surface area contributed by atoms with Crippen LogP contribution in [-0.2, 0) is 39.1 Å². The van der Waals surface area contributed by atoms with E-state index >= 15 is 0 Å². The zero-order valence-corrected chi connectivity index (χ0v) is 14.8. The summed E-state index contributed by atoms with van der Waals surface area (Å²) < 4.78 is 0. The fourth-order valence-electron chi connectivity index (χ4n) is 1.52. The number of benzene rings is 1. The van der Waals surface area contributed by atoms with Gasteiger partial charge in [-0.2, -0.15) is 0 Å². The van der Waals surface area contributed by atoms with Gasteiger partial charge in [-0.3, -0.25) is 0 Å². The van der Waals surface area contributed by atoms with E-state index in [0.717, 1.165) is 25.7 Å². The fourth-order valence-corrected chi connectivity index (χ4v) is 1.52. The van der Waals surface area contributed by atoms with E-state index < -0.39 is 0 Å². The zero-order valence-electron chi connectivity index (χ0n) is 11.9. The summed E-state index contributed by atoms with van der Waals surface area (Å²) >= 11 is 0. The first-order valence-electron chi connectivity index (χ1n) is 6.51. The molecular formula is C15H26NOY-. The average Bonchev–Trinajstić information content (AvgIpc) is 2.40. The minimum atomic E-state index is -0.125. The van der Waals surface area contributed by atoms with Crippen LogP contribution in [0.1, 0.15) is 45.6 Å². The van der Waals surface area contributed by atoms with E-state index in [0.29, 0.717) is 0 Å². The maximum absolute atomic E-state index is 8.52. The predicted molar refractivity (Wildman–Crippen MR) is 75.2 cm³/mol. The maximum atomic E-state index is 8.52. The molecule has 0 saturated carbocycles. The van der Waals surface area contributed by atoms with Crippen molar-refractivity contribution in [2.45, 2.75) is 52.0 Å². The van der Waals surface area contributed by atoms with Gasteiger partial charge in [0.05, 0.1) is 0 Å². The van der Waals surface area contributed by atoms with Crippen molar-refractivity contribution >= 4 is 0 Å². The second-order valence-electron chi connectivity index (χ2n) is 4.30. The number of aliphatic hydroxyl groups excluding tert-OH is 1. The molecule has 1 aromatic rings. The van der Waals surface area contributed by atoms with Crippen LogP contribution in [0.4, 0.5) is 0 Å². The Hall–Kier alpha value is 0.244. The molecule has 0 amide bonds. The third-order valence-corrected chi connectivity index (χ3v) is 3.27. The Labute approximate surface area is 137 Å². The van der Waals surface area contributed by atoms with Gasteiger partial charge in [0.25, 0.3) is 0 Å². The summed E-state index contributed by atoms with van der Waals surface area (Å²) in [6.45, 7) is 6.49. The third-order valence-electron chi connectivity index (χ3n) is 3.27. The molecule has 2 nitrogen and oxygen atoms in total. The topological polar surface area (TPSA) is 44.0 Å². The number of hydrogen-bond donors (Lipinski definition) is 1. The molecule has 0 spiro atoms. The molecule has 1 aromatic carbocycles. The quantitative estimate of drug-likeness (QED) is 0.865. The first-order chi connectivity index (χ1) is 8.11. The molecule has 0 aliphatic carbocycles. The molecule has 0 bridgehead atoms. The van der Waals surface area contributed by atoms with Gasteiger partial charge in [-0.05, 0) is 12.0 Å². The molecule has 18 heavy (non-hydrogen) atoms.